The highest BCUT2D eigenvalue weighted by Gasteiger charge is 2.46. The van der Waals surface area contributed by atoms with Gasteiger partial charge in [0.15, 0.2) is 0 Å². The lowest BCUT2D eigenvalue weighted by Crippen LogP contribution is -2.49. The minimum Gasteiger partial charge on any atom is -0.345 e. The van der Waals surface area contributed by atoms with Gasteiger partial charge in [-0.05, 0) is 74.2 Å². The van der Waals surface area contributed by atoms with E-state index >= 15 is 0 Å². The summed E-state index contributed by atoms with van der Waals surface area (Å²) in [6, 6.07) is 5.57. The van der Waals surface area contributed by atoms with Crippen LogP contribution in [0.2, 0.25) is 0 Å². The van der Waals surface area contributed by atoms with Crippen molar-refractivity contribution in [2.24, 2.45) is 23.2 Å². The first-order chi connectivity index (χ1) is 19.2. The molecule has 5 rings (SSSR count). The lowest BCUT2D eigenvalue weighted by molar-refractivity contribution is -0.111. The predicted octanol–water partition coefficient (Wildman–Crippen LogP) is 6.67. The Kier molecular flexibility index (Phi) is 12.2. The molecule has 1 aromatic carbocycles. The van der Waals surface area contributed by atoms with Gasteiger partial charge in [-0.2, -0.15) is 0 Å². The summed E-state index contributed by atoms with van der Waals surface area (Å²) in [5, 5.41) is 0. The molecule has 0 radical (unpaired) electrons. The lowest BCUT2D eigenvalue weighted by Gasteiger charge is -2.46. The van der Waals surface area contributed by atoms with E-state index in [1.54, 1.807) is 19.0 Å². The summed E-state index contributed by atoms with van der Waals surface area (Å²) in [5.74, 6) is 1.79. The quantitative estimate of drug-likeness (QED) is 0.369. The van der Waals surface area contributed by atoms with Crippen LogP contribution in [0.5, 0.6) is 0 Å². The Labute approximate surface area is 243 Å². The molecule has 2 unspecified atom stereocenters. The highest BCUT2D eigenvalue weighted by molar-refractivity contribution is 6.04. The van der Waals surface area contributed by atoms with Crippen molar-refractivity contribution in [1.29, 1.82) is 0 Å². The first kappa shape index (κ1) is 32.3. The maximum atomic E-state index is 13.1. The minimum absolute atomic E-state index is 0.0203. The van der Waals surface area contributed by atoms with E-state index < -0.39 is 0 Å². The van der Waals surface area contributed by atoms with Gasteiger partial charge in [0.1, 0.15) is 6.29 Å². The van der Waals surface area contributed by atoms with Gasteiger partial charge in [-0.3, -0.25) is 9.59 Å². The summed E-state index contributed by atoms with van der Waals surface area (Å²) in [4.78, 5) is 42.1. The van der Waals surface area contributed by atoms with E-state index in [0.29, 0.717) is 23.4 Å². The van der Waals surface area contributed by atoms with Crippen LogP contribution in [0.1, 0.15) is 118 Å². The molecular weight excluding hydrogens is 498 g/mol. The molecule has 40 heavy (non-hydrogen) atoms. The summed E-state index contributed by atoms with van der Waals surface area (Å²) >= 11 is 0. The molecule has 4 aliphatic rings. The lowest BCUT2D eigenvalue weighted by atomic mass is 9.69. The number of carbonyl (C=O) groups excluding carboxylic acids is 3. The van der Waals surface area contributed by atoms with Crippen molar-refractivity contribution < 1.29 is 14.4 Å². The highest BCUT2D eigenvalue weighted by atomic mass is 16.2. The SMILES string of the molecule is CC.CC(C=O)CC1CCCCC1.CN1CCC(CN2Cc3c(C(=O)N(C)C)cccc3C2=O)C2(CCCC2)C1. The number of hydrogen-bond acceptors (Lipinski definition) is 4. The molecule has 2 amide bonds. The number of rotatable bonds is 6. The fourth-order valence-corrected chi connectivity index (χ4v) is 7.61. The molecule has 2 atom stereocenters. The fourth-order valence-electron chi connectivity index (χ4n) is 7.61. The molecule has 6 nitrogen and oxygen atoms in total. The Hall–Kier alpha value is -2.21. The maximum absolute atomic E-state index is 13.1. The number of benzene rings is 1. The normalized spacial score (nSPS) is 23.0. The number of likely N-dealkylation sites (tertiary alicyclic amines) is 1. The number of hydrogen-bond donors (Lipinski definition) is 0. The zero-order valence-corrected chi connectivity index (χ0v) is 26.2. The van der Waals surface area contributed by atoms with Crippen LogP contribution in [-0.2, 0) is 11.3 Å². The molecule has 1 saturated heterocycles. The van der Waals surface area contributed by atoms with Crippen LogP contribution in [0.4, 0.5) is 0 Å². The first-order valence-corrected chi connectivity index (χ1v) is 16.0. The molecule has 2 aliphatic heterocycles. The van der Waals surface area contributed by atoms with Crippen LogP contribution >= 0.6 is 0 Å². The number of carbonyl (C=O) groups is 3. The van der Waals surface area contributed by atoms with Crippen molar-refractivity contribution in [3.8, 4) is 0 Å². The topological polar surface area (TPSA) is 60.9 Å². The third-order valence-corrected chi connectivity index (χ3v) is 9.69. The number of piperidine rings is 1. The largest absolute Gasteiger partial charge is 0.345 e. The first-order valence-electron chi connectivity index (χ1n) is 16.0. The predicted molar refractivity (Wildman–Crippen MR) is 163 cm³/mol. The molecule has 0 aromatic heterocycles. The zero-order chi connectivity index (χ0) is 29.3. The van der Waals surface area contributed by atoms with Crippen molar-refractivity contribution >= 4 is 18.1 Å². The van der Waals surface area contributed by atoms with Gasteiger partial charge in [-0.15, -0.1) is 0 Å². The molecule has 2 saturated carbocycles. The van der Waals surface area contributed by atoms with Crippen molar-refractivity contribution in [1.82, 2.24) is 14.7 Å². The standard InChI is InChI=1S/C22H31N3O2.C10H18O.C2H6/c1-23(2)20(26)17-7-6-8-18-19(17)14-25(21(18)27)13-16-9-12-24(3)15-22(16)10-4-5-11-22;1-9(8-11)7-10-5-3-2-4-6-10;1-2/h6-8,16H,4-5,9-15H2,1-3H3;8-10H,2-7H2,1H3;1-2H3. The summed E-state index contributed by atoms with van der Waals surface area (Å²) < 4.78 is 0. The Balaban J connectivity index is 0.000000285. The second kappa shape index (κ2) is 15.1. The van der Waals surface area contributed by atoms with Gasteiger partial charge in [-0.1, -0.05) is 71.8 Å². The number of nitrogens with zero attached hydrogens (tertiary/aromatic N) is 3. The summed E-state index contributed by atoms with van der Waals surface area (Å²) in [5.41, 5.74) is 2.68. The van der Waals surface area contributed by atoms with Crippen LogP contribution in [0.15, 0.2) is 18.2 Å². The summed E-state index contributed by atoms with van der Waals surface area (Å²) in [6.45, 7) is 9.72. The highest BCUT2D eigenvalue weighted by Crippen LogP contribution is 2.49. The molecule has 2 aliphatic carbocycles. The van der Waals surface area contributed by atoms with Gasteiger partial charge in [0.25, 0.3) is 11.8 Å². The van der Waals surface area contributed by atoms with E-state index in [1.807, 2.05) is 43.9 Å². The second-order valence-corrected chi connectivity index (χ2v) is 12.9. The number of amides is 2. The molecule has 6 heteroatoms. The molecule has 0 N–H and O–H groups in total. The third-order valence-electron chi connectivity index (χ3n) is 9.69. The van der Waals surface area contributed by atoms with E-state index in [2.05, 4.69) is 11.9 Å². The van der Waals surface area contributed by atoms with Gasteiger partial charge in [-0.25, -0.2) is 0 Å². The average molecular weight is 554 g/mol. The zero-order valence-electron chi connectivity index (χ0n) is 26.2. The Morgan fingerprint density at radius 2 is 1.75 bits per heavy atom. The van der Waals surface area contributed by atoms with Crippen LogP contribution in [0.3, 0.4) is 0 Å². The van der Waals surface area contributed by atoms with Crippen molar-refractivity contribution in [2.75, 3.05) is 40.8 Å². The van der Waals surface area contributed by atoms with E-state index in [0.717, 1.165) is 49.4 Å². The van der Waals surface area contributed by atoms with Crippen LogP contribution < -0.4 is 0 Å². The maximum Gasteiger partial charge on any atom is 0.254 e. The van der Waals surface area contributed by atoms with E-state index in [4.69, 9.17) is 0 Å². The monoisotopic (exact) mass is 553 g/mol. The Bertz CT molecular complexity index is 979. The minimum atomic E-state index is -0.0203. The van der Waals surface area contributed by atoms with Gasteiger partial charge in [0.2, 0.25) is 0 Å². The second-order valence-electron chi connectivity index (χ2n) is 12.9. The van der Waals surface area contributed by atoms with Gasteiger partial charge < -0.3 is 19.5 Å². The molecule has 1 spiro atoms. The molecule has 3 fully saturated rings. The number of aldehydes is 1. The van der Waals surface area contributed by atoms with E-state index in [9.17, 15) is 14.4 Å². The average Bonchev–Trinajstić information content (AvgIpc) is 3.56. The summed E-state index contributed by atoms with van der Waals surface area (Å²) in [7, 11) is 5.75. The third kappa shape index (κ3) is 7.74. The van der Waals surface area contributed by atoms with E-state index in [1.165, 1.54) is 64.2 Å². The van der Waals surface area contributed by atoms with Gasteiger partial charge >= 0.3 is 0 Å². The molecule has 1 aromatic rings. The Morgan fingerprint density at radius 3 is 2.38 bits per heavy atom. The van der Waals surface area contributed by atoms with Crippen LogP contribution in [0.25, 0.3) is 0 Å². The summed E-state index contributed by atoms with van der Waals surface area (Å²) in [6.07, 6.45) is 15.5. The van der Waals surface area contributed by atoms with Gasteiger partial charge in [0, 0.05) is 50.8 Å². The van der Waals surface area contributed by atoms with Gasteiger partial charge in [0.05, 0.1) is 0 Å². The van der Waals surface area contributed by atoms with Crippen LogP contribution in [0, 0.1) is 23.2 Å². The van der Waals surface area contributed by atoms with Crippen LogP contribution in [-0.4, -0.2) is 73.6 Å². The van der Waals surface area contributed by atoms with Crippen molar-refractivity contribution in [3.63, 3.8) is 0 Å². The molecular formula is C34H55N3O3. The fraction of sp³-hybridized carbons (Fsp3) is 0.735. The molecule has 0 bridgehead atoms. The number of fused-ring (bicyclic) bond motifs is 1. The van der Waals surface area contributed by atoms with E-state index in [-0.39, 0.29) is 17.7 Å². The molecule has 224 valence electrons. The van der Waals surface area contributed by atoms with Crippen molar-refractivity contribution in [2.45, 2.75) is 97.9 Å². The Morgan fingerprint density at radius 1 is 1.07 bits per heavy atom. The van der Waals surface area contributed by atoms with Crippen molar-refractivity contribution in [3.05, 3.63) is 34.9 Å². The molecule has 2 heterocycles. The smallest absolute Gasteiger partial charge is 0.254 e.